The lowest BCUT2D eigenvalue weighted by Crippen LogP contribution is -2.47. The van der Waals surface area contributed by atoms with Gasteiger partial charge in [-0.1, -0.05) is 12.1 Å². The topological polar surface area (TPSA) is 82.1 Å². The minimum Gasteiger partial charge on any atom is -0.508 e. The van der Waals surface area contributed by atoms with Crippen LogP contribution in [0.15, 0.2) is 36.4 Å². The fourth-order valence-corrected chi connectivity index (χ4v) is 5.71. The van der Waals surface area contributed by atoms with Crippen molar-refractivity contribution < 1.29 is 32.6 Å². The van der Waals surface area contributed by atoms with E-state index in [1.165, 1.54) is 12.1 Å². The molecule has 36 heavy (non-hydrogen) atoms. The zero-order valence-electron chi connectivity index (χ0n) is 19.6. The smallest absolute Gasteiger partial charge is 0.418 e. The van der Waals surface area contributed by atoms with Crippen molar-refractivity contribution in [3.63, 3.8) is 0 Å². The standard InChI is InChI=1S/C26H28F3N3O4/c27-17-4-7-20(24(33)12-17)15-1-5-19(6-2-15)31-10-9-18(13-31)30-25(34)32-23(14-36-26(32)35)16-3-8-21(28)22(29)11-16/h3-4,7-8,11-12,15,18-19,23,33H,1-2,5-6,9-10,13-14H2,(H,30,34)/t15?,18-,19?,23-/m1/s1. The van der Waals surface area contributed by atoms with Gasteiger partial charge in [0.05, 0.1) is 0 Å². The molecule has 2 saturated heterocycles. The Hall–Kier alpha value is -3.27. The number of cyclic esters (lactones) is 1. The van der Waals surface area contributed by atoms with Crippen molar-refractivity contribution in [1.29, 1.82) is 0 Å². The lowest BCUT2D eigenvalue weighted by atomic mass is 9.81. The second kappa shape index (κ2) is 10.0. The van der Waals surface area contributed by atoms with Crippen molar-refractivity contribution in [2.45, 2.75) is 56.1 Å². The fraction of sp³-hybridized carbons (Fsp3) is 0.462. The Balaban J connectivity index is 1.16. The Labute approximate surface area is 206 Å². The van der Waals surface area contributed by atoms with Crippen LogP contribution in [0.1, 0.15) is 55.2 Å². The van der Waals surface area contributed by atoms with Gasteiger partial charge in [0.25, 0.3) is 0 Å². The highest BCUT2D eigenvalue weighted by molar-refractivity contribution is 5.92. The summed E-state index contributed by atoms with van der Waals surface area (Å²) >= 11 is 0. The molecule has 0 spiro atoms. The summed E-state index contributed by atoms with van der Waals surface area (Å²) in [6.07, 6.45) is 3.53. The molecule has 0 bridgehead atoms. The molecule has 0 radical (unpaired) electrons. The number of nitrogens with zero attached hydrogens (tertiary/aromatic N) is 2. The van der Waals surface area contributed by atoms with Crippen LogP contribution in [0.2, 0.25) is 0 Å². The molecule has 2 atom stereocenters. The second-order valence-electron chi connectivity index (χ2n) is 9.77. The van der Waals surface area contributed by atoms with E-state index >= 15 is 0 Å². The van der Waals surface area contributed by atoms with Crippen molar-refractivity contribution in [2.24, 2.45) is 0 Å². The van der Waals surface area contributed by atoms with Crippen molar-refractivity contribution in [3.05, 3.63) is 65.0 Å². The zero-order chi connectivity index (χ0) is 25.4. The average molecular weight is 504 g/mol. The molecule has 2 heterocycles. The molecule has 7 nitrogen and oxygen atoms in total. The molecule has 10 heteroatoms. The Kier molecular flexibility index (Phi) is 6.79. The maximum Gasteiger partial charge on any atom is 0.418 e. The summed E-state index contributed by atoms with van der Waals surface area (Å²) in [7, 11) is 0. The number of carbonyl (C=O) groups is 2. The summed E-state index contributed by atoms with van der Waals surface area (Å²) in [5, 5.41) is 13.0. The van der Waals surface area contributed by atoms with E-state index in [9.17, 15) is 27.9 Å². The third kappa shape index (κ3) is 4.86. The third-order valence-corrected chi connectivity index (χ3v) is 7.61. The summed E-state index contributed by atoms with van der Waals surface area (Å²) in [6, 6.07) is 6.21. The van der Waals surface area contributed by atoms with E-state index in [1.807, 2.05) is 0 Å². The quantitative estimate of drug-likeness (QED) is 0.626. The number of phenolic OH excluding ortho intramolecular Hbond substituents is 1. The van der Waals surface area contributed by atoms with Crippen LogP contribution in [0.25, 0.3) is 0 Å². The molecule has 2 aliphatic heterocycles. The number of ether oxygens (including phenoxy) is 1. The Morgan fingerprint density at radius 3 is 2.50 bits per heavy atom. The van der Waals surface area contributed by atoms with Gasteiger partial charge in [-0.3, -0.25) is 4.90 Å². The molecule has 3 aliphatic rings. The maximum absolute atomic E-state index is 13.7. The monoisotopic (exact) mass is 503 g/mol. The third-order valence-electron chi connectivity index (χ3n) is 7.61. The van der Waals surface area contributed by atoms with E-state index < -0.39 is 35.6 Å². The molecule has 2 aromatic rings. The maximum atomic E-state index is 13.7. The first kappa shape index (κ1) is 24.4. The predicted molar refractivity (Wildman–Crippen MR) is 124 cm³/mol. The summed E-state index contributed by atoms with van der Waals surface area (Å²) in [5.41, 5.74) is 1.07. The molecule has 1 aliphatic carbocycles. The van der Waals surface area contributed by atoms with Crippen molar-refractivity contribution >= 4 is 12.1 Å². The zero-order valence-corrected chi connectivity index (χ0v) is 19.6. The van der Waals surface area contributed by atoms with E-state index in [4.69, 9.17) is 4.74 Å². The minimum absolute atomic E-state index is 0.00418. The molecule has 0 unspecified atom stereocenters. The molecule has 5 rings (SSSR count). The van der Waals surface area contributed by atoms with E-state index in [-0.39, 0.29) is 29.9 Å². The van der Waals surface area contributed by atoms with Crippen LogP contribution in [0.5, 0.6) is 5.75 Å². The number of nitrogens with one attached hydrogen (secondary N) is 1. The van der Waals surface area contributed by atoms with Gasteiger partial charge in [0.2, 0.25) is 0 Å². The number of amides is 3. The Morgan fingerprint density at radius 1 is 1.00 bits per heavy atom. The number of likely N-dealkylation sites (tertiary alicyclic amines) is 1. The number of aromatic hydroxyl groups is 1. The van der Waals surface area contributed by atoms with Crippen LogP contribution in [0.4, 0.5) is 22.8 Å². The number of benzene rings is 2. The molecule has 0 aromatic heterocycles. The molecule has 3 amide bonds. The number of halogens is 3. The number of urea groups is 1. The highest BCUT2D eigenvalue weighted by Crippen LogP contribution is 2.39. The van der Waals surface area contributed by atoms with Gasteiger partial charge in [0.1, 0.15) is 24.2 Å². The highest BCUT2D eigenvalue weighted by Gasteiger charge is 2.41. The molecule has 192 valence electrons. The van der Waals surface area contributed by atoms with Gasteiger partial charge >= 0.3 is 12.1 Å². The number of carbonyl (C=O) groups excluding carboxylic acids is 2. The van der Waals surface area contributed by atoms with Gasteiger partial charge in [-0.15, -0.1) is 0 Å². The van der Waals surface area contributed by atoms with Gasteiger partial charge in [-0.25, -0.2) is 27.7 Å². The van der Waals surface area contributed by atoms with E-state index in [0.29, 0.717) is 12.6 Å². The number of rotatable bonds is 4. The average Bonchev–Trinajstić information content (AvgIpc) is 3.47. The van der Waals surface area contributed by atoms with E-state index in [1.54, 1.807) is 6.07 Å². The Morgan fingerprint density at radius 2 is 1.78 bits per heavy atom. The largest absolute Gasteiger partial charge is 0.508 e. The molecule has 3 fully saturated rings. The van der Waals surface area contributed by atoms with Crippen LogP contribution in [0.3, 0.4) is 0 Å². The second-order valence-corrected chi connectivity index (χ2v) is 9.77. The minimum atomic E-state index is -1.05. The predicted octanol–water partition coefficient (Wildman–Crippen LogP) is 4.81. The lowest BCUT2D eigenvalue weighted by molar-refractivity contribution is 0.155. The first-order valence-corrected chi connectivity index (χ1v) is 12.2. The first-order valence-electron chi connectivity index (χ1n) is 12.2. The normalized spacial score (nSPS) is 26.8. The number of phenols is 1. The van der Waals surface area contributed by atoms with Crippen LogP contribution in [-0.2, 0) is 4.74 Å². The molecule has 1 saturated carbocycles. The van der Waals surface area contributed by atoms with Crippen molar-refractivity contribution in [1.82, 2.24) is 15.1 Å². The first-order chi connectivity index (χ1) is 17.3. The Bertz CT molecular complexity index is 1160. The summed E-state index contributed by atoms with van der Waals surface area (Å²) in [6.45, 7) is 1.32. The van der Waals surface area contributed by atoms with Crippen molar-refractivity contribution in [2.75, 3.05) is 19.7 Å². The van der Waals surface area contributed by atoms with E-state index in [2.05, 4.69) is 10.2 Å². The van der Waals surface area contributed by atoms with Gasteiger partial charge < -0.3 is 15.2 Å². The molecular formula is C26H28F3N3O4. The molecular weight excluding hydrogens is 475 g/mol. The number of hydrogen-bond acceptors (Lipinski definition) is 5. The van der Waals surface area contributed by atoms with Gasteiger partial charge in [0, 0.05) is 31.2 Å². The van der Waals surface area contributed by atoms with E-state index in [0.717, 1.165) is 67.3 Å². The summed E-state index contributed by atoms with van der Waals surface area (Å²) < 4.78 is 45.4. The van der Waals surface area contributed by atoms with Crippen LogP contribution >= 0.6 is 0 Å². The molecule has 2 aromatic carbocycles. The fourth-order valence-electron chi connectivity index (χ4n) is 5.71. The number of hydrogen-bond donors (Lipinski definition) is 2. The van der Waals surface area contributed by atoms with Crippen LogP contribution in [0, 0.1) is 17.5 Å². The summed E-state index contributed by atoms with van der Waals surface area (Å²) in [4.78, 5) is 28.5. The summed E-state index contributed by atoms with van der Waals surface area (Å²) in [5.74, 6) is -2.31. The number of imide groups is 1. The van der Waals surface area contributed by atoms with Gasteiger partial charge in [-0.05, 0) is 67.3 Å². The van der Waals surface area contributed by atoms with Crippen LogP contribution < -0.4 is 5.32 Å². The lowest BCUT2D eigenvalue weighted by Gasteiger charge is -2.35. The SMILES string of the molecule is O=C(N[C@@H]1CCN(C2CCC(c3ccc(F)cc3O)CC2)C1)N1C(=O)OC[C@@H]1c1ccc(F)c(F)c1. The highest BCUT2D eigenvalue weighted by atomic mass is 19.2. The molecule has 2 N–H and O–H groups in total. The van der Waals surface area contributed by atoms with Crippen LogP contribution in [-0.4, -0.2) is 58.8 Å². The van der Waals surface area contributed by atoms with Gasteiger partial charge in [-0.2, -0.15) is 0 Å². The van der Waals surface area contributed by atoms with Gasteiger partial charge in [0.15, 0.2) is 11.6 Å². The van der Waals surface area contributed by atoms with Crippen molar-refractivity contribution in [3.8, 4) is 5.75 Å².